The third-order valence-corrected chi connectivity index (χ3v) is 1.99. The van der Waals surface area contributed by atoms with Crippen molar-refractivity contribution >= 4 is 17.5 Å². The van der Waals surface area contributed by atoms with Crippen LogP contribution in [0.15, 0.2) is 10.8 Å². The van der Waals surface area contributed by atoms with E-state index < -0.39 is 0 Å². The lowest BCUT2D eigenvalue weighted by Crippen LogP contribution is -2.30. The van der Waals surface area contributed by atoms with Crippen molar-refractivity contribution in [3.63, 3.8) is 0 Å². The van der Waals surface area contributed by atoms with E-state index in [-0.39, 0.29) is 16.7 Å². The molecular formula is C8H14ClNO2. The average molecular weight is 192 g/mol. The Hall–Kier alpha value is -0.700. The summed E-state index contributed by atoms with van der Waals surface area (Å²) in [5.74, 6) is -0.449. The third kappa shape index (κ3) is 2.74. The Morgan fingerprint density at radius 1 is 1.42 bits per heavy atom. The molecule has 0 rings (SSSR count). The number of carbonyl (C=O) groups is 1. The number of amides is 1. The number of aliphatic hydroxyl groups is 1. The second-order valence-electron chi connectivity index (χ2n) is 2.38. The summed E-state index contributed by atoms with van der Waals surface area (Å²) >= 11 is 5.56. The first kappa shape index (κ1) is 11.3. The molecule has 1 amide bonds. The predicted molar refractivity (Wildman–Crippen MR) is 49.1 cm³/mol. The van der Waals surface area contributed by atoms with Crippen LogP contribution in [0.3, 0.4) is 0 Å². The van der Waals surface area contributed by atoms with Crippen LogP contribution in [0.5, 0.6) is 0 Å². The van der Waals surface area contributed by atoms with E-state index >= 15 is 0 Å². The van der Waals surface area contributed by atoms with Crippen LogP contribution in [-0.4, -0.2) is 29.0 Å². The second-order valence-corrected chi connectivity index (χ2v) is 2.75. The van der Waals surface area contributed by atoms with E-state index in [1.165, 1.54) is 6.92 Å². The Balaban J connectivity index is 4.48. The smallest absolute Gasteiger partial charge is 0.268 e. The minimum atomic E-state index is -0.318. The lowest BCUT2D eigenvalue weighted by molar-refractivity contribution is -0.126. The van der Waals surface area contributed by atoms with Crippen molar-refractivity contribution in [1.29, 1.82) is 0 Å². The standard InChI is InChI=1S/C8H14ClNO2/c1-4-10(5-2)8(12)7(9)6(3)11/h11H,4-5H2,1-3H3/b7-6-. The van der Waals surface area contributed by atoms with E-state index in [9.17, 15) is 4.79 Å². The first-order valence-electron chi connectivity index (χ1n) is 3.89. The van der Waals surface area contributed by atoms with Crippen molar-refractivity contribution in [2.75, 3.05) is 13.1 Å². The highest BCUT2D eigenvalue weighted by Gasteiger charge is 2.15. The molecule has 0 saturated carbocycles. The van der Waals surface area contributed by atoms with Crippen LogP contribution < -0.4 is 0 Å². The van der Waals surface area contributed by atoms with Gasteiger partial charge in [-0.3, -0.25) is 4.79 Å². The van der Waals surface area contributed by atoms with E-state index in [1.807, 2.05) is 13.8 Å². The molecule has 0 radical (unpaired) electrons. The highest BCUT2D eigenvalue weighted by Crippen LogP contribution is 2.10. The predicted octanol–water partition coefficient (Wildman–Crippen LogP) is 1.88. The van der Waals surface area contributed by atoms with E-state index in [2.05, 4.69) is 0 Å². The van der Waals surface area contributed by atoms with Crippen molar-refractivity contribution in [2.24, 2.45) is 0 Å². The normalized spacial score (nSPS) is 12.3. The molecule has 0 aromatic carbocycles. The topological polar surface area (TPSA) is 40.5 Å². The van der Waals surface area contributed by atoms with Gasteiger partial charge < -0.3 is 10.0 Å². The Kier molecular flexibility index (Phi) is 4.74. The molecule has 0 heterocycles. The van der Waals surface area contributed by atoms with Gasteiger partial charge in [-0.2, -0.15) is 0 Å². The zero-order valence-electron chi connectivity index (χ0n) is 7.59. The largest absolute Gasteiger partial charge is 0.511 e. The lowest BCUT2D eigenvalue weighted by atomic mass is 10.4. The van der Waals surface area contributed by atoms with Gasteiger partial charge in [0.2, 0.25) is 0 Å². The molecule has 0 fully saturated rings. The van der Waals surface area contributed by atoms with Gasteiger partial charge in [-0.15, -0.1) is 0 Å². The number of likely N-dealkylation sites (N-methyl/N-ethyl adjacent to an activating group) is 1. The molecule has 0 bridgehead atoms. The van der Waals surface area contributed by atoms with Gasteiger partial charge in [-0.05, 0) is 20.8 Å². The maximum Gasteiger partial charge on any atom is 0.268 e. The zero-order valence-corrected chi connectivity index (χ0v) is 8.35. The van der Waals surface area contributed by atoms with Crippen LogP contribution in [0.2, 0.25) is 0 Å². The number of allylic oxidation sites excluding steroid dienone is 1. The van der Waals surface area contributed by atoms with Crippen molar-refractivity contribution in [3.05, 3.63) is 10.8 Å². The van der Waals surface area contributed by atoms with Gasteiger partial charge in [0, 0.05) is 13.1 Å². The average Bonchev–Trinajstić information content (AvgIpc) is 2.05. The summed E-state index contributed by atoms with van der Waals surface area (Å²) in [5.41, 5.74) is 0. The summed E-state index contributed by atoms with van der Waals surface area (Å²) in [6.07, 6.45) is 0. The number of hydrogen-bond donors (Lipinski definition) is 1. The first-order chi connectivity index (χ1) is 5.54. The Morgan fingerprint density at radius 2 is 1.83 bits per heavy atom. The van der Waals surface area contributed by atoms with Gasteiger partial charge in [0.15, 0.2) is 0 Å². The molecule has 0 aliphatic heterocycles. The van der Waals surface area contributed by atoms with Crippen LogP contribution in [-0.2, 0) is 4.79 Å². The van der Waals surface area contributed by atoms with Crippen LogP contribution in [0, 0.1) is 0 Å². The fraction of sp³-hybridized carbons (Fsp3) is 0.625. The third-order valence-electron chi connectivity index (χ3n) is 1.56. The summed E-state index contributed by atoms with van der Waals surface area (Å²) in [6.45, 7) is 6.30. The maximum absolute atomic E-state index is 11.3. The number of halogens is 1. The Morgan fingerprint density at radius 3 is 2.08 bits per heavy atom. The van der Waals surface area contributed by atoms with Gasteiger partial charge in [0.25, 0.3) is 5.91 Å². The molecule has 0 aromatic heterocycles. The summed E-state index contributed by atoms with van der Waals surface area (Å²) in [7, 11) is 0. The fourth-order valence-corrected chi connectivity index (χ4v) is 0.924. The molecular weight excluding hydrogens is 178 g/mol. The SMILES string of the molecule is CCN(CC)C(=O)/C(Cl)=C(\C)O. The number of carbonyl (C=O) groups excluding carboxylic acids is 1. The van der Waals surface area contributed by atoms with Gasteiger partial charge in [0.05, 0.1) is 0 Å². The number of rotatable bonds is 3. The second kappa shape index (κ2) is 5.04. The van der Waals surface area contributed by atoms with Crippen molar-refractivity contribution in [3.8, 4) is 0 Å². The monoisotopic (exact) mass is 191 g/mol. The number of hydrogen-bond acceptors (Lipinski definition) is 2. The van der Waals surface area contributed by atoms with E-state index in [4.69, 9.17) is 16.7 Å². The minimum Gasteiger partial charge on any atom is -0.511 e. The van der Waals surface area contributed by atoms with E-state index in [1.54, 1.807) is 4.90 Å². The zero-order chi connectivity index (χ0) is 9.72. The molecule has 0 saturated heterocycles. The lowest BCUT2D eigenvalue weighted by Gasteiger charge is -2.17. The highest BCUT2D eigenvalue weighted by molar-refractivity contribution is 6.42. The first-order valence-corrected chi connectivity index (χ1v) is 4.26. The quantitative estimate of drug-likeness (QED) is 0.547. The van der Waals surface area contributed by atoms with Crippen LogP contribution in [0.1, 0.15) is 20.8 Å². The number of nitrogens with zero attached hydrogens (tertiary/aromatic N) is 1. The summed E-state index contributed by atoms with van der Waals surface area (Å²) in [6, 6.07) is 0. The van der Waals surface area contributed by atoms with E-state index in [0.29, 0.717) is 13.1 Å². The fourth-order valence-electron chi connectivity index (χ4n) is 0.804. The molecule has 12 heavy (non-hydrogen) atoms. The molecule has 0 aliphatic carbocycles. The molecule has 0 aliphatic rings. The van der Waals surface area contributed by atoms with Gasteiger partial charge in [-0.1, -0.05) is 11.6 Å². The van der Waals surface area contributed by atoms with Crippen LogP contribution in [0.4, 0.5) is 0 Å². The maximum atomic E-state index is 11.3. The molecule has 0 unspecified atom stereocenters. The highest BCUT2D eigenvalue weighted by atomic mass is 35.5. The van der Waals surface area contributed by atoms with Crippen LogP contribution >= 0.6 is 11.6 Å². The summed E-state index contributed by atoms with van der Waals surface area (Å²) < 4.78 is 0. The molecule has 1 N–H and O–H groups in total. The summed E-state index contributed by atoms with van der Waals surface area (Å²) in [4.78, 5) is 12.9. The van der Waals surface area contributed by atoms with Gasteiger partial charge >= 0.3 is 0 Å². The molecule has 3 nitrogen and oxygen atoms in total. The Bertz CT molecular complexity index is 193. The van der Waals surface area contributed by atoms with Crippen LogP contribution in [0.25, 0.3) is 0 Å². The van der Waals surface area contributed by atoms with Crippen molar-refractivity contribution in [1.82, 2.24) is 4.90 Å². The Labute approximate surface area is 77.6 Å². The van der Waals surface area contributed by atoms with Crippen molar-refractivity contribution < 1.29 is 9.90 Å². The molecule has 0 spiro atoms. The van der Waals surface area contributed by atoms with E-state index in [0.717, 1.165) is 0 Å². The molecule has 0 atom stereocenters. The number of aliphatic hydroxyl groups excluding tert-OH is 1. The molecule has 4 heteroatoms. The minimum absolute atomic E-state index is 0.0984. The molecule has 70 valence electrons. The van der Waals surface area contributed by atoms with Gasteiger partial charge in [-0.25, -0.2) is 0 Å². The molecule has 0 aromatic rings. The summed E-state index contributed by atoms with van der Waals surface area (Å²) in [5, 5.41) is 8.83. The van der Waals surface area contributed by atoms with Crippen molar-refractivity contribution in [2.45, 2.75) is 20.8 Å². The van der Waals surface area contributed by atoms with Gasteiger partial charge in [0.1, 0.15) is 10.8 Å².